The molecule has 1 heterocycles. The second-order valence-corrected chi connectivity index (χ2v) is 6.25. The second kappa shape index (κ2) is 6.23. The molecule has 0 atom stereocenters. The van der Waals surface area contributed by atoms with Crippen molar-refractivity contribution in [3.05, 3.63) is 48.3 Å². The normalized spacial score (nSPS) is 12.1. The molecular weight excluding hydrogens is 246 g/mol. The molecule has 0 radical (unpaired) electrons. The summed E-state index contributed by atoms with van der Waals surface area (Å²) in [5.41, 5.74) is 2.52. The minimum atomic E-state index is 0.134. The maximum absolute atomic E-state index is 4.49. The summed E-state index contributed by atoms with van der Waals surface area (Å²) in [7, 11) is 0. The standard InChI is InChI=1S/C17H25N3/c1-14(2)18-11-10-17(3,4)15-12-19-20(13-15)16-8-6-5-7-9-16/h5-9,12-14,18H,10-11H2,1-4H3. The van der Waals surface area contributed by atoms with Crippen LogP contribution in [0.5, 0.6) is 0 Å². The minimum Gasteiger partial charge on any atom is -0.315 e. The summed E-state index contributed by atoms with van der Waals surface area (Å²) in [5.74, 6) is 0. The second-order valence-electron chi connectivity index (χ2n) is 6.25. The lowest BCUT2D eigenvalue weighted by Gasteiger charge is -2.24. The van der Waals surface area contributed by atoms with E-state index < -0.39 is 0 Å². The number of hydrogen-bond acceptors (Lipinski definition) is 2. The minimum absolute atomic E-state index is 0.134. The van der Waals surface area contributed by atoms with E-state index in [4.69, 9.17) is 0 Å². The Morgan fingerprint density at radius 2 is 1.90 bits per heavy atom. The van der Waals surface area contributed by atoms with Gasteiger partial charge in [-0.1, -0.05) is 45.9 Å². The van der Waals surface area contributed by atoms with Crippen LogP contribution in [0.15, 0.2) is 42.7 Å². The molecule has 2 aromatic rings. The number of nitrogens with one attached hydrogen (secondary N) is 1. The molecule has 1 aromatic heterocycles. The summed E-state index contributed by atoms with van der Waals surface area (Å²) in [6.07, 6.45) is 5.23. The van der Waals surface area contributed by atoms with Crippen molar-refractivity contribution in [1.82, 2.24) is 15.1 Å². The zero-order valence-electron chi connectivity index (χ0n) is 12.9. The molecule has 2 rings (SSSR count). The molecule has 0 aliphatic rings. The number of aromatic nitrogens is 2. The molecule has 0 bridgehead atoms. The van der Waals surface area contributed by atoms with Crippen molar-refractivity contribution < 1.29 is 0 Å². The molecule has 3 heteroatoms. The molecule has 108 valence electrons. The summed E-state index contributed by atoms with van der Waals surface area (Å²) < 4.78 is 1.95. The number of para-hydroxylation sites is 1. The Bertz CT molecular complexity index is 526. The van der Waals surface area contributed by atoms with E-state index in [0.29, 0.717) is 6.04 Å². The largest absolute Gasteiger partial charge is 0.315 e. The Morgan fingerprint density at radius 3 is 2.55 bits per heavy atom. The molecule has 3 nitrogen and oxygen atoms in total. The maximum Gasteiger partial charge on any atom is 0.0645 e. The first-order valence-electron chi connectivity index (χ1n) is 7.33. The average Bonchev–Trinajstić information content (AvgIpc) is 2.89. The molecule has 1 aromatic carbocycles. The first-order valence-corrected chi connectivity index (χ1v) is 7.33. The summed E-state index contributed by atoms with van der Waals surface area (Å²) in [5, 5.41) is 7.97. The van der Waals surface area contributed by atoms with Crippen molar-refractivity contribution in [1.29, 1.82) is 0 Å². The van der Waals surface area contributed by atoms with Crippen molar-refractivity contribution >= 4 is 0 Å². The maximum atomic E-state index is 4.49. The SMILES string of the molecule is CC(C)NCCC(C)(C)c1cnn(-c2ccccc2)c1. The topological polar surface area (TPSA) is 29.9 Å². The lowest BCUT2D eigenvalue weighted by Crippen LogP contribution is -2.29. The van der Waals surface area contributed by atoms with Gasteiger partial charge in [-0.15, -0.1) is 0 Å². The van der Waals surface area contributed by atoms with Crippen LogP contribution in [0.25, 0.3) is 5.69 Å². The average molecular weight is 271 g/mol. The van der Waals surface area contributed by atoms with E-state index in [-0.39, 0.29) is 5.41 Å². The number of rotatable bonds is 6. The van der Waals surface area contributed by atoms with E-state index in [1.165, 1.54) is 5.56 Å². The van der Waals surface area contributed by atoms with Crippen molar-refractivity contribution in [3.63, 3.8) is 0 Å². The zero-order chi connectivity index (χ0) is 14.6. The van der Waals surface area contributed by atoms with Crippen LogP contribution < -0.4 is 5.32 Å². The Kier molecular flexibility index (Phi) is 4.61. The molecule has 0 fully saturated rings. The van der Waals surface area contributed by atoms with Crippen LogP contribution in [0.1, 0.15) is 39.7 Å². The third kappa shape index (κ3) is 3.70. The van der Waals surface area contributed by atoms with E-state index in [1.807, 2.05) is 29.1 Å². The van der Waals surface area contributed by atoms with Gasteiger partial charge in [0.15, 0.2) is 0 Å². The fourth-order valence-electron chi connectivity index (χ4n) is 2.21. The lowest BCUT2D eigenvalue weighted by atomic mass is 9.83. The van der Waals surface area contributed by atoms with Gasteiger partial charge < -0.3 is 5.32 Å². The molecule has 0 saturated heterocycles. The van der Waals surface area contributed by atoms with Gasteiger partial charge in [-0.2, -0.15) is 5.10 Å². The number of hydrogen-bond donors (Lipinski definition) is 1. The fourth-order valence-corrected chi connectivity index (χ4v) is 2.21. The Balaban J connectivity index is 2.07. The molecule has 20 heavy (non-hydrogen) atoms. The predicted molar refractivity (Wildman–Crippen MR) is 84.3 cm³/mol. The van der Waals surface area contributed by atoms with Crippen LogP contribution in [0.2, 0.25) is 0 Å². The Morgan fingerprint density at radius 1 is 1.20 bits per heavy atom. The van der Waals surface area contributed by atoms with E-state index in [9.17, 15) is 0 Å². The first-order chi connectivity index (χ1) is 9.49. The van der Waals surface area contributed by atoms with Gasteiger partial charge in [0.2, 0.25) is 0 Å². The van der Waals surface area contributed by atoms with Crippen LogP contribution in [-0.2, 0) is 5.41 Å². The van der Waals surface area contributed by atoms with Crippen molar-refractivity contribution in [2.75, 3.05) is 6.54 Å². The summed E-state index contributed by atoms with van der Waals surface area (Å²) in [6.45, 7) is 9.95. The highest BCUT2D eigenvalue weighted by molar-refractivity contribution is 5.32. The smallest absolute Gasteiger partial charge is 0.0645 e. The Hall–Kier alpha value is -1.61. The molecule has 0 aliphatic carbocycles. The fraction of sp³-hybridized carbons (Fsp3) is 0.471. The van der Waals surface area contributed by atoms with Gasteiger partial charge in [-0.3, -0.25) is 0 Å². The summed E-state index contributed by atoms with van der Waals surface area (Å²) in [4.78, 5) is 0. The molecule has 0 spiro atoms. The lowest BCUT2D eigenvalue weighted by molar-refractivity contribution is 0.441. The predicted octanol–water partition coefficient (Wildman–Crippen LogP) is 3.54. The van der Waals surface area contributed by atoms with Crippen LogP contribution in [-0.4, -0.2) is 22.4 Å². The highest BCUT2D eigenvalue weighted by Gasteiger charge is 2.22. The van der Waals surface area contributed by atoms with Gasteiger partial charge in [0.05, 0.1) is 11.9 Å². The van der Waals surface area contributed by atoms with Gasteiger partial charge >= 0.3 is 0 Å². The molecule has 0 aliphatic heterocycles. The number of nitrogens with zero attached hydrogens (tertiary/aromatic N) is 2. The third-order valence-corrected chi connectivity index (χ3v) is 3.69. The van der Waals surface area contributed by atoms with Crippen LogP contribution in [0.4, 0.5) is 0 Å². The van der Waals surface area contributed by atoms with Gasteiger partial charge in [-0.05, 0) is 36.1 Å². The first kappa shape index (κ1) is 14.8. The zero-order valence-corrected chi connectivity index (χ0v) is 12.9. The molecule has 0 amide bonds. The van der Waals surface area contributed by atoms with Crippen LogP contribution in [0, 0.1) is 0 Å². The molecule has 0 unspecified atom stereocenters. The van der Waals surface area contributed by atoms with Gasteiger partial charge in [0.25, 0.3) is 0 Å². The highest BCUT2D eigenvalue weighted by Crippen LogP contribution is 2.26. The van der Waals surface area contributed by atoms with E-state index in [1.54, 1.807) is 0 Å². The van der Waals surface area contributed by atoms with Gasteiger partial charge in [-0.25, -0.2) is 4.68 Å². The van der Waals surface area contributed by atoms with Crippen molar-refractivity contribution in [2.24, 2.45) is 0 Å². The third-order valence-electron chi connectivity index (χ3n) is 3.69. The highest BCUT2D eigenvalue weighted by atomic mass is 15.3. The molecule has 0 saturated carbocycles. The van der Waals surface area contributed by atoms with E-state index >= 15 is 0 Å². The number of benzene rings is 1. The molecule has 1 N–H and O–H groups in total. The quantitative estimate of drug-likeness (QED) is 0.871. The Labute approximate surface area is 122 Å². The monoisotopic (exact) mass is 271 g/mol. The van der Waals surface area contributed by atoms with Crippen LogP contribution >= 0.6 is 0 Å². The van der Waals surface area contributed by atoms with Crippen molar-refractivity contribution in [3.8, 4) is 5.69 Å². The van der Waals surface area contributed by atoms with E-state index in [0.717, 1.165) is 18.7 Å². The summed E-state index contributed by atoms with van der Waals surface area (Å²) >= 11 is 0. The van der Waals surface area contributed by atoms with Gasteiger partial charge in [0, 0.05) is 12.2 Å². The van der Waals surface area contributed by atoms with Crippen molar-refractivity contribution in [2.45, 2.75) is 45.6 Å². The van der Waals surface area contributed by atoms with Crippen LogP contribution in [0.3, 0.4) is 0 Å². The molecular formula is C17H25N3. The summed E-state index contributed by atoms with van der Waals surface area (Å²) in [6, 6.07) is 10.8. The van der Waals surface area contributed by atoms with E-state index in [2.05, 4.69) is 56.4 Å². The van der Waals surface area contributed by atoms with Gasteiger partial charge in [0.1, 0.15) is 0 Å².